The van der Waals surface area contributed by atoms with Crippen LogP contribution in [0.4, 0.5) is 0 Å². The molecule has 0 aliphatic heterocycles. The topological polar surface area (TPSA) is 116 Å². The predicted octanol–water partition coefficient (Wildman–Crippen LogP) is 2.36. The first-order chi connectivity index (χ1) is 11.6. The first-order valence-electron chi connectivity index (χ1n) is 8.64. The van der Waals surface area contributed by atoms with E-state index in [1.807, 2.05) is 6.92 Å². The number of rotatable bonds is 4. The van der Waals surface area contributed by atoms with Gasteiger partial charge < -0.3 is 11.5 Å². The molecule has 0 saturated heterocycles. The molecule has 4 N–H and O–H groups in total. The van der Waals surface area contributed by atoms with Gasteiger partial charge in [-0.3, -0.25) is 4.79 Å². The van der Waals surface area contributed by atoms with Gasteiger partial charge in [0.15, 0.2) is 15.8 Å². The number of benzene rings is 1. The molecule has 1 aliphatic carbocycles. The minimum Gasteiger partial charge on any atom is -0.370 e. The molecule has 0 bridgehead atoms. The summed E-state index contributed by atoms with van der Waals surface area (Å²) in [5.74, 6) is -0.0615. The normalized spacial score (nSPS) is 20.9. The minimum atomic E-state index is -3.49. The lowest BCUT2D eigenvalue weighted by Gasteiger charge is -2.29. The van der Waals surface area contributed by atoms with Gasteiger partial charge in [-0.1, -0.05) is 32.8 Å². The number of nitrogens with two attached hydrogens (primary N) is 2. The van der Waals surface area contributed by atoms with Crippen LogP contribution in [0.3, 0.4) is 0 Å². The van der Waals surface area contributed by atoms with Crippen LogP contribution < -0.4 is 11.5 Å². The van der Waals surface area contributed by atoms with Gasteiger partial charge in [0.1, 0.15) is 0 Å². The summed E-state index contributed by atoms with van der Waals surface area (Å²) in [4.78, 5) is 16.2. The van der Waals surface area contributed by atoms with Crippen molar-refractivity contribution in [3.05, 3.63) is 28.8 Å². The third kappa shape index (κ3) is 4.39. The first-order valence-corrected chi connectivity index (χ1v) is 10.5. The lowest BCUT2D eigenvalue weighted by atomic mass is 9.78. The molecular weight excluding hydrogens is 338 g/mol. The Morgan fingerprint density at radius 2 is 1.80 bits per heavy atom. The number of hydrogen-bond acceptors (Lipinski definition) is 3. The van der Waals surface area contributed by atoms with Crippen molar-refractivity contribution in [3.63, 3.8) is 0 Å². The highest BCUT2D eigenvalue weighted by atomic mass is 32.2. The molecule has 6 nitrogen and oxygen atoms in total. The van der Waals surface area contributed by atoms with Crippen molar-refractivity contribution in [3.8, 4) is 0 Å². The maximum atomic E-state index is 12.5. The number of nitrogens with zero attached hydrogens (tertiary/aromatic N) is 1. The second kappa shape index (κ2) is 7.56. The van der Waals surface area contributed by atoms with Crippen molar-refractivity contribution in [1.29, 1.82) is 0 Å². The number of amides is 1. The quantitative estimate of drug-likeness (QED) is 0.628. The van der Waals surface area contributed by atoms with E-state index in [2.05, 4.69) is 11.9 Å². The van der Waals surface area contributed by atoms with E-state index < -0.39 is 15.7 Å². The van der Waals surface area contributed by atoms with Gasteiger partial charge in [-0.15, -0.1) is 0 Å². The Bertz CT molecular complexity index is 788. The number of aliphatic imine (C=N–C) groups is 1. The average Bonchev–Trinajstić information content (AvgIpc) is 2.52. The molecule has 0 unspecified atom stereocenters. The maximum absolute atomic E-state index is 12.5. The fraction of sp³-hybridized carbons (Fsp3) is 0.556. The molecule has 0 aromatic heterocycles. The Hall–Kier alpha value is -1.89. The maximum Gasteiger partial charge on any atom is 0.280 e. The fourth-order valence-electron chi connectivity index (χ4n) is 3.71. The molecule has 1 fully saturated rings. The van der Waals surface area contributed by atoms with Gasteiger partial charge in [0.05, 0.1) is 4.90 Å². The Morgan fingerprint density at radius 3 is 2.28 bits per heavy atom. The van der Waals surface area contributed by atoms with E-state index in [0.717, 1.165) is 31.2 Å². The van der Waals surface area contributed by atoms with Gasteiger partial charge in [-0.2, -0.15) is 4.99 Å². The smallest absolute Gasteiger partial charge is 0.280 e. The van der Waals surface area contributed by atoms with E-state index in [-0.39, 0.29) is 22.3 Å². The second-order valence-corrected chi connectivity index (χ2v) is 8.89. The molecule has 1 aliphatic rings. The molecule has 2 rings (SSSR count). The van der Waals surface area contributed by atoms with E-state index in [9.17, 15) is 13.2 Å². The van der Waals surface area contributed by atoms with Crippen LogP contribution in [0.15, 0.2) is 22.0 Å². The van der Waals surface area contributed by atoms with Crippen molar-refractivity contribution < 1.29 is 13.2 Å². The summed E-state index contributed by atoms with van der Waals surface area (Å²) in [6, 6.07) is 3.43. The number of sulfone groups is 1. The zero-order chi connectivity index (χ0) is 18.8. The Balaban J connectivity index is 2.63. The molecule has 0 spiro atoms. The van der Waals surface area contributed by atoms with Crippen LogP contribution in [0.25, 0.3) is 0 Å². The van der Waals surface area contributed by atoms with Crippen molar-refractivity contribution in [2.75, 3.05) is 6.26 Å². The van der Waals surface area contributed by atoms with Gasteiger partial charge in [0, 0.05) is 11.8 Å². The number of guanidine groups is 1. The monoisotopic (exact) mass is 365 g/mol. The second-order valence-electron chi connectivity index (χ2n) is 6.93. The zero-order valence-electron chi connectivity index (χ0n) is 15.1. The van der Waals surface area contributed by atoms with Gasteiger partial charge in [-0.05, 0) is 48.3 Å². The van der Waals surface area contributed by atoms with E-state index >= 15 is 0 Å². The average molecular weight is 365 g/mol. The summed E-state index contributed by atoms with van der Waals surface area (Å²) >= 11 is 0. The van der Waals surface area contributed by atoms with Gasteiger partial charge >= 0.3 is 0 Å². The van der Waals surface area contributed by atoms with Crippen LogP contribution in [0.2, 0.25) is 0 Å². The summed E-state index contributed by atoms with van der Waals surface area (Å²) in [5.41, 5.74) is 12.2. The molecule has 0 atom stereocenters. The first kappa shape index (κ1) is 19.4. The highest BCUT2D eigenvalue weighted by Crippen LogP contribution is 2.40. The van der Waals surface area contributed by atoms with Gasteiger partial charge in [0.25, 0.3) is 5.91 Å². The van der Waals surface area contributed by atoms with Crippen LogP contribution >= 0.6 is 0 Å². The lowest BCUT2D eigenvalue weighted by Crippen LogP contribution is -2.25. The van der Waals surface area contributed by atoms with Gasteiger partial charge in [-0.25, -0.2) is 8.42 Å². The minimum absolute atomic E-state index is 0.207. The molecule has 25 heavy (non-hydrogen) atoms. The summed E-state index contributed by atoms with van der Waals surface area (Å²) in [6.07, 6.45) is 5.72. The summed E-state index contributed by atoms with van der Waals surface area (Å²) in [6.45, 7) is 4.06. The molecular formula is C18H27N3O3S. The highest BCUT2D eigenvalue weighted by molar-refractivity contribution is 7.90. The van der Waals surface area contributed by atoms with Crippen molar-refractivity contribution in [2.24, 2.45) is 22.4 Å². The van der Waals surface area contributed by atoms with E-state index in [0.29, 0.717) is 17.9 Å². The molecule has 0 radical (unpaired) electrons. The molecule has 1 saturated carbocycles. The largest absolute Gasteiger partial charge is 0.370 e. The highest BCUT2D eigenvalue weighted by Gasteiger charge is 2.29. The van der Waals surface area contributed by atoms with Crippen molar-refractivity contribution in [1.82, 2.24) is 0 Å². The fourth-order valence-corrected chi connectivity index (χ4v) is 5.07. The standard InChI is InChI=1S/C18H27N3O3S/c1-4-13-15(17(22)21-18(19)20)10-9-14(16(13)25(3,23)24)12-7-5-11(2)6-8-12/h9-12H,4-8H2,1-3H3,(H4,19,20,21,22). The third-order valence-electron chi connectivity index (χ3n) is 4.93. The molecule has 1 amide bonds. The van der Waals surface area contributed by atoms with E-state index in [4.69, 9.17) is 11.5 Å². The van der Waals surface area contributed by atoms with Crippen LogP contribution in [0.5, 0.6) is 0 Å². The summed E-state index contributed by atoms with van der Waals surface area (Å²) in [7, 11) is -3.49. The van der Waals surface area contributed by atoms with Crippen LogP contribution in [-0.4, -0.2) is 26.5 Å². The number of carbonyl (C=O) groups is 1. The van der Waals surface area contributed by atoms with Crippen LogP contribution in [0, 0.1) is 5.92 Å². The zero-order valence-corrected chi connectivity index (χ0v) is 15.9. The van der Waals surface area contributed by atoms with Crippen molar-refractivity contribution in [2.45, 2.75) is 56.8 Å². The van der Waals surface area contributed by atoms with E-state index in [1.54, 1.807) is 12.1 Å². The predicted molar refractivity (Wildman–Crippen MR) is 99.4 cm³/mol. The molecule has 138 valence electrons. The molecule has 1 aromatic rings. The van der Waals surface area contributed by atoms with Crippen LogP contribution in [-0.2, 0) is 16.3 Å². The van der Waals surface area contributed by atoms with Crippen LogP contribution in [0.1, 0.15) is 66.9 Å². The summed E-state index contributed by atoms with van der Waals surface area (Å²) < 4.78 is 25.1. The SMILES string of the molecule is CCc1c(C(=O)N=C(N)N)ccc(C2CCC(C)CC2)c1S(C)(=O)=O. The Labute approximate surface area is 149 Å². The Morgan fingerprint density at radius 1 is 1.20 bits per heavy atom. The molecule has 7 heteroatoms. The number of carbonyl (C=O) groups excluding carboxylic acids is 1. The number of hydrogen-bond donors (Lipinski definition) is 2. The Kier molecular flexibility index (Phi) is 5.87. The van der Waals surface area contributed by atoms with Crippen molar-refractivity contribution >= 4 is 21.7 Å². The molecule has 1 aromatic carbocycles. The van der Waals surface area contributed by atoms with E-state index in [1.165, 1.54) is 6.26 Å². The third-order valence-corrected chi connectivity index (χ3v) is 6.16. The lowest BCUT2D eigenvalue weighted by molar-refractivity contribution is 0.100. The summed E-state index contributed by atoms with van der Waals surface area (Å²) in [5, 5.41) is 0. The van der Waals surface area contributed by atoms with Gasteiger partial charge in [0.2, 0.25) is 0 Å². The molecule has 0 heterocycles.